The smallest absolute Gasteiger partial charge is 0.257 e. The minimum absolute atomic E-state index is 0.122. The first kappa shape index (κ1) is 12.3. The number of aromatic nitrogens is 2. The molecule has 0 saturated carbocycles. The summed E-state index contributed by atoms with van der Waals surface area (Å²) in [5.74, 6) is 1.30. The molecule has 2 aromatic rings. The fraction of sp³-hybridized carbons (Fsp3) is 0.500. The van der Waals surface area contributed by atoms with Gasteiger partial charge in [-0.15, -0.1) is 21.5 Å². The van der Waals surface area contributed by atoms with E-state index < -0.39 is 0 Å². The Morgan fingerprint density at radius 3 is 2.82 bits per heavy atom. The lowest BCUT2D eigenvalue weighted by atomic mass is 10.1. The molecule has 0 amide bonds. The number of nitrogens with zero attached hydrogens (tertiary/aromatic N) is 2. The van der Waals surface area contributed by atoms with E-state index in [1.165, 1.54) is 0 Å². The molecule has 92 valence electrons. The molecule has 0 spiro atoms. The van der Waals surface area contributed by atoms with E-state index >= 15 is 0 Å². The zero-order chi connectivity index (χ0) is 12.3. The van der Waals surface area contributed by atoms with Crippen molar-refractivity contribution in [3.05, 3.63) is 23.4 Å². The molecular weight excluding hydrogens is 234 g/mol. The third kappa shape index (κ3) is 3.64. The Morgan fingerprint density at radius 2 is 2.18 bits per heavy atom. The van der Waals surface area contributed by atoms with Gasteiger partial charge in [-0.25, -0.2) is 0 Å². The SMILES string of the molecule is CC(C)(C)NCCc1nnc(-c2cccs2)o1. The van der Waals surface area contributed by atoms with Gasteiger partial charge in [-0.05, 0) is 32.2 Å². The second-order valence-corrected chi connectivity index (χ2v) is 5.85. The average molecular weight is 251 g/mol. The topological polar surface area (TPSA) is 51.0 Å². The van der Waals surface area contributed by atoms with Gasteiger partial charge in [0.2, 0.25) is 5.89 Å². The van der Waals surface area contributed by atoms with Gasteiger partial charge in [-0.3, -0.25) is 0 Å². The van der Waals surface area contributed by atoms with Crippen LogP contribution in [0, 0.1) is 0 Å². The van der Waals surface area contributed by atoms with E-state index in [9.17, 15) is 0 Å². The molecule has 4 nitrogen and oxygen atoms in total. The molecule has 0 aliphatic rings. The Kier molecular flexibility index (Phi) is 3.59. The number of rotatable bonds is 4. The van der Waals surface area contributed by atoms with Crippen LogP contribution in [0.1, 0.15) is 26.7 Å². The van der Waals surface area contributed by atoms with E-state index in [1.807, 2.05) is 17.5 Å². The Bertz CT molecular complexity index is 456. The highest BCUT2D eigenvalue weighted by Gasteiger charge is 2.11. The van der Waals surface area contributed by atoms with E-state index in [0.717, 1.165) is 17.8 Å². The van der Waals surface area contributed by atoms with Crippen molar-refractivity contribution in [3.8, 4) is 10.8 Å². The summed E-state index contributed by atoms with van der Waals surface area (Å²) in [7, 11) is 0. The van der Waals surface area contributed by atoms with Crippen molar-refractivity contribution in [2.24, 2.45) is 0 Å². The lowest BCUT2D eigenvalue weighted by Gasteiger charge is -2.19. The van der Waals surface area contributed by atoms with Gasteiger partial charge in [0, 0.05) is 18.5 Å². The largest absolute Gasteiger partial charge is 0.420 e. The second kappa shape index (κ2) is 4.98. The van der Waals surface area contributed by atoms with E-state index in [2.05, 4.69) is 36.3 Å². The molecule has 1 N–H and O–H groups in total. The highest BCUT2D eigenvalue weighted by atomic mass is 32.1. The van der Waals surface area contributed by atoms with Crippen molar-refractivity contribution in [1.29, 1.82) is 0 Å². The van der Waals surface area contributed by atoms with Gasteiger partial charge in [0.05, 0.1) is 4.88 Å². The summed E-state index contributed by atoms with van der Waals surface area (Å²) in [6.45, 7) is 7.25. The summed E-state index contributed by atoms with van der Waals surface area (Å²) in [6.07, 6.45) is 0.760. The first-order chi connectivity index (χ1) is 8.04. The lowest BCUT2D eigenvalue weighted by Crippen LogP contribution is -2.37. The predicted molar refractivity (Wildman–Crippen MR) is 69.1 cm³/mol. The van der Waals surface area contributed by atoms with Crippen molar-refractivity contribution < 1.29 is 4.42 Å². The minimum Gasteiger partial charge on any atom is -0.420 e. The number of thiophene rings is 1. The Balaban J connectivity index is 1.91. The van der Waals surface area contributed by atoms with E-state index in [4.69, 9.17) is 4.42 Å². The van der Waals surface area contributed by atoms with Crippen LogP contribution in [0.4, 0.5) is 0 Å². The summed E-state index contributed by atoms with van der Waals surface area (Å²) in [6, 6.07) is 3.96. The molecule has 2 rings (SSSR count). The first-order valence-corrected chi connectivity index (χ1v) is 6.54. The zero-order valence-electron chi connectivity index (χ0n) is 10.4. The molecule has 17 heavy (non-hydrogen) atoms. The van der Waals surface area contributed by atoms with Crippen molar-refractivity contribution >= 4 is 11.3 Å². The van der Waals surface area contributed by atoms with Gasteiger partial charge in [-0.1, -0.05) is 6.07 Å². The number of hydrogen-bond acceptors (Lipinski definition) is 5. The molecule has 0 atom stereocenters. The molecule has 2 heterocycles. The quantitative estimate of drug-likeness (QED) is 0.907. The molecule has 0 aromatic carbocycles. The molecule has 5 heteroatoms. The number of nitrogens with one attached hydrogen (secondary N) is 1. The Hall–Kier alpha value is -1.20. The predicted octanol–water partition coefficient (Wildman–Crippen LogP) is 2.73. The van der Waals surface area contributed by atoms with Crippen LogP contribution in [0.5, 0.6) is 0 Å². The van der Waals surface area contributed by atoms with Gasteiger partial charge in [0.25, 0.3) is 5.89 Å². The maximum Gasteiger partial charge on any atom is 0.257 e. The highest BCUT2D eigenvalue weighted by molar-refractivity contribution is 7.13. The molecule has 0 unspecified atom stereocenters. The molecule has 2 aromatic heterocycles. The molecule has 0 bridgehead atoms. The van der Waals surface area contributed by atoms with Crippen LogP contribution >= 0.6 is 11.3 Å². The number of hydrogen-bond donors (Lipinski definition) is 1. The Labute approximate surface area is 105 Å². The first-order valence-electron chi connectivity index (χ1n) is 5.66. The van der Waals surface area contributed by atoms with Crippen molar-refractivity contribution in [2.45, 2.75) is 32.7 Å². The molecule has 0 saturated heterocycles. The van der Waals surface area contributed by atoms with E-state index in [-0.39, 0.29) is 5.54 Å². The maximum atomic E-state index is 5.59. The fourth-order valence-electron chi connectivity index (χ4n) is 1.40. The summed E-state index contributed by atoms with van der Waals surface area (Å²) in [5, 5.41) is 13.5. The lowest BCUT2D eigenvalue weighted by molar-refractivity contribution is 0.412. The van der Waals surface area contributed by atoms with Crippen LogP contribution in [0.3, 0.4) is 0 Å². The standard InChI is InChI=1S/C12H17N3OS/c1-12(2,3)13-7-6-10-14-15-11(16-10)9-5-4-8-17-9/h4-5,8,13H,6-7H2,1-3H3. The van der Waals surface area contributed by atoms with E-state index in [1.54, 1.807) is 11.3 Å². The summed E-state index contributed by atoms with van der Waals surface area (Å²) < 4.78 is 5.59. The Morgan fingerprint density at radius 1 is 1.35 bits per heavy atom. The molecule has 0 aliphatic heterocycles. The van der Waals surface area contributed by atoms with Crippen LogP contribution in [0.2, 0.25) is 0 Å². The maximum absolute atomic E-state index is 5.59. The van der Waals surface area contributed by atoms with Crippen molar-refractivity contribution in [3.63, 3.8) is 0 Å². The summed E-state index contributed by atoms with van der Waals surface area (Å²) in [5.41, 5.74) is 0.122. The van der Waals surface area contributed by atoms with Gasteiger partial charge in [0.15, 0.2) is 0 Å². The summed E-state index contributed by atoms with van der Waals surface area (Å²) in [4.78, 5) is 1.02. The van der Waals surface area contributed by atoms with Crippen molar-refractivity contribution in [1.82, 2.24) is 15.5 Å². The fourth-order valence-corrected chi connectivity index (χ4v) is 2.04. The third-order valence-electron chi connectivity index (χ3n) is 2.19. The third-order valence-corrected chi connectivity index (χ3v) is 3.05. The van der Waals surface area contributed by atoms with Crippen LogP contribution in [0.25, 0.3) is 10.8 Å². The van der Waals surface area contributed by atoms with Gasteiger partial charge in [0.1, 0.15) is 0 Å². The molecular formula is C12H17N3OS. The monoisotopic (exact) mass is 251 g/mol. The van der Waals surface area contributed by atoms with Crippen LogP contribution in [-0.2, 0) is 6.42 Å². The molecule has 0 fully saturated rings. The highest BCUT2D eigenvalue weighted by Crippen LogP contribution is 2.22. The normalized spacial score (nSPS) is 11.9. The molecule has 0 aliphatic carbocycles. The zero-order valence-corrected chi connectivity index (χ0v) is 11.2. The summed E-state index contributed by atoms with van der Waals surface area (Å²) >= 11 is 1.61. The minimum atomic E-state index is 0.122. The van der Waals surface area contributed by atoms with Crippen LogP contribution in [-0.4, -0.2) is 22.3 Å². The molecule has 0 radical (unpaired) electrons. The second-order valence-electron chi connectivity index (χ2n) is 4.91. The van der Waals surface area contributed by atoms with Crippen molar-refractivity contribution in [2.75, 3.05) is 6.54 Å². The average Bonchev–Trinajstić information content (AvgIpc) is 2.83. The van der Waals surface area contributed by atoms with E-state index in [0.29, 0.717) is 11.8 Å². The van der Waals surface area contributed by atoms with Gasteiger partial charge >= 0.3 is 0 Å². The van der Waals surface area contributed by atoms with Crippen LogP contribution < -0.4 is 5.32 Å². The van der Waals surface area contributed by atoms with Crippen LogP contribution in [0.15, 0.2) is 21.9 Å². The van der Waals surface area contributed by atoms with Gasteiger partial charge in [-0.2, -0.15) is 0 Å². The van der Waals surface area contributed by atoms with Gasteiger partial charge < -0.3 is 9.73 Å².